The van der Waals surface area contributed by atoms with Gasteiger partial charge in [0.1, 0.15) is 0 Å². The van der Waals surface area contributed by atoms with Crippen LogP contribution in [0.3, 0.4) is 0 Å². The fraction of sp³-hybridized carbons (Fsp3) is 0.474. The van der Waals surface area contributed by atoms with Gasteiger partial charge in [0.2, 0.25) is 0 Å². The third-order valence-electron chi connectivity index (χ3n) is 4.75. The maximum absolute atomic E-state index is 12.2. The van der Waals surface area contributed by atoms with E-state index in [0.29, 0.717) is 6.54 Å². The van der Waals surface area contributed by atoms with Crippen LogP contribution in [-0.2, 0) is 31.9 Å². The highest BCUT2D eigenvalue weighted by Gasteiger charge is 2.20. The van der Waals surface area contributed by atoms with Gasteiger partial charge in [0.25, 0.3) is 5.56 Å². The first-order valence-electron chi connectivity index (χ1n) is 8.68. The number of aromatic nitrogens is 2. The van der Waals surface area contributed by atoms with Gasteiger partial charge in [0, 0.05) is 52.1 Å². The van der Waals surface area contributed by atoms with Crippen molar-refractivity contribution < 1.29 is 4.74 Å². The molecule has 0 aliphatic carbocycles. The highest BCUT2D eigenvalue weighted by molar-refractivity contribution is 5.15. The van der Waals surface area contributed by atoms with E-state index in [1.54, 1.807) is 17.7 Å². The summed E-state index contributed by atoms with van der Waals surface area (Å²) in [6.07, 6.45) is 2.36. The predicted molar refractivity (Wildman–Crippen MR) is 96.5 cm³/mol. The van der Waals surface area contributed by atoms with Crippen molar-refractivity contribution in [1.82, 2.24) is 14.0 Å². The second-order valence-electron chi connectivity index (χ2n) is 6.66. The molecule has 1 aromatic heterocycles. The van der Waals surface area contributed by atoms with E-state index in [-0.39, 0.29) is 17.4 Å². The molecule has 0 saturated carbocycles. The zero-order valence-electron chi connectivity index (χ0n) is 14.9. The van der Waals surface area contributed by atoms with Crippen LogP contribution < -0.4 is 11.2 Å². The molecule has 0 bridgehead atoms. The van der Waals surface area contributed by atoms with Gasteiger partial charge in [-0.3, -0.25) is 18.8 Å². The maximum atomic E-state index is 12.2. The molecule has 25 heavy (non-hydrogen) atoms. The number of benzene rings is 1. The fourth-order valence-electron chi connectivity index (χ4n) is 3.26. The van der Waals surface area contributed by atoms with E-state index < -0.39 is 0 Å². The molecule has 2 aromatic rings. The van der Waals surface area contributed by atoms with Crippen LogP contribution in [0.25, 0.3) is 0 Å². The second kappa shape index (κ2) is 7.80. The van der Waals surface area contributed by atoms with Crippen molar-refractivity contribution in [1.29, 1.82) is 0 Å². The standard InChI is InChI=1S/C19H25N3O3/c1-20-16(11-18(23)21(2)19(20)24)13-22(14-17-9-6-10-25-17)12-15-7-4-3-5-8-15/h3-5,7-8,11,17H,6,9-10,12-14H2,1-2H3. The van der Waals surface area contributed by atoms with Crippen LogP contribution in [0, 0.1) is 0 Å². The van der Waals surface area contributed by atoms with Crippen LogP contribution >= 0.6 is 0 Å². The van der Waals surface area contributed by atoms with E-state index in [1.165, 1.54) is 12.6 Å². The number of hydrogen-bond acceptors (Lipinski definition) is 4. The molecule has 0 amide bonds. The Bertz CT molecular complexity index is 820. The number of rotatable bonds is 6. The van der Waals surface area contributed by atoms with Gasteiger partial charge >= 0.3 is 5.69 Å². The summed E-state index contributed by atoms with van der Waals surface area (Å²) in [5.41, 5.74) is 1.37. The first-order valence-corrected chi connectivity index (χ1v) is 8.68. The molecule has 0 spiro atoms. The molecule has 1 fully saturated rings. The van der Waals surface area contributed by atoms with Gasteiger partial charge in [0.05, 0.1) is 6.10 Å². The van der Waals surface area contributed by atoms with E-state index in [1.807, 2.05) is 18.2 Å². The Labute approximate surface area is 147 Å². The molecular weight excluding hydrogens is 318 g/mol. The van der Waals surface area contributed by atoms with Crippen molar-refractivity contribution in [2.45, 2.75) is 32.0 Å². The Hall–Kier alpha value is -2.18. The van der Waals surface area contributed by atoms with Crippen molar-refractivity contribution in [2.24, 2.45) is 14.1 Å². The van der Waals surface area contributed by atoms with Gasteiger partial charge in [-0.2, -0.15) is 0 Å². The second-order valence-corrected chi connectivity index (χ2v) is 6.66. The predicted octanol–water partition coefficient (Wildman–Crippen LogP) is 1.27. The summed E-state index contributed by atoms with van der Waals surface area (Å²) in [6.45, 7) is 2.90. The molecule has 134 valence electrons. The molecule has 1 aromatic carbocycles. The summed E-state index contributed by atoms with van der Waals surface area (Å²) in [5, 5.41) is 0. The average Bonchev–Trinajstić information content (AvgIpc) is 3.11. The van der Waals surface area contributed by atoms with Crippen LogP contribution in [0.1, 0.15) is 24.1 Å². The molecule has 1 saturated heterocycles. The van der Waals surface area contributed by atoms with Crippen molar-refractivity contribution >= 4 is 0 Å². The molecule has 1 aliphatic heterocycles. The molecule has 0 N–H and O–H groups in total. The maximum Gasteiger partial charge on any atom is 0.330 e. The van der Waals surface area contributed by atoms with Crippen molar-refractivity contribution in [2.75, 3.05) is 13.2 Å². The van der Waals surface area contributed by atoms with E-state index in [0.717, 1.165) is 42.8 Å². The first-order chi connectivity index (χ1) is 12.0. The molecule has 6 heteroatoms. The largest absolute Gasteiger partial charge is 0.377 e. The van der Waals surface area contributed by atoms with Crippen molar-refractivity contribution in [3.63, 3.8) is 0 Å². The molecule has 1 aliphatic rings. The minimum Gasteiger partial charge on any atom is -0.377 e. The van der Waals surface area contributed by atoms with Gasteiger partial charge in [-0.25, -0.2) is 4.79 Å². The lowest BCUT2D eigenvalue weighted by Crippen LogP contribution is -2.40. The summed E-state index contributed by atoms with van der Waals surface area (Å²) in [6, 6.07) is 11.8. The molecular formula is C19H25N3O3. The molecule has 1 atom stereocenters. The Morgan fingerprint density at radius 3 is 2.56 bits per heavy atom. The Morgan fingerprint density at radius 2 is 1.88 bits per heavy atom. The van der Waals surface area contributed by atoms with E-state index in [4.69, 9.17) is 4.74 Å². The molecule has 2 heterocycles. The summed E-state index contributed by atoms with van der Waals surface area (Å²) in [4.78, 5) is 26.4. The normalized spacial score (nSPS) is 17.3. The lowest BCUT2D eigenvalue weighted by Gasteiger charge is -2.26. The Morgan fingerprint density at radius 1 is 1.12 bits per heavy atom. The van der Waals surface area contributed by atoms with Crippen molar-refractivity contribution in [3.05, 3.63) is 68.5 Å². The van der Waals surface area contributed by atoms with Gasteiger partial charge in [0.15, 0.2) is 0 Å². The Kier molecular flexibility index (Phi) is 5.50. The summed E-state index contributed by atoms with van der Waals surface area (Å²) in [7, 11) is 3.21. The van der Waals surface area contributed by atoms with Crippen molar-refractivity contribution in [3.8, 4) is 0 Å². The molecule has 0 radical (unpaired) electrons. The Balaban J connectivity index is 1.84. The molecule has 6 nitrogen and oxygen atoms in total. The third kappa shape index (κ3) is 4.27. The minimum absolute atomic E-state index is 0.215. The van der Waals surface area contributed by atoms with Gasteiger partial charge in [-0.1, -0.05) is 30.3 Å². The minimum atomic E-state index is -0.292. The van der Waals surface area contributed by atoms with Crippen LogP contribution in [-0.4, -0.2) is 33.3 Å². The van der Waals surface area contributed by atoms with Crippen LogP contribution in [0.4, 0.5) is 0 Å². The topological polar surface area (TPSA) is 56.5 Å². The number of hydrogen-bond donors (Lipinski definition) is 0. The highest BCUT2D eigenvalue weighted by atomic mass is 16.5. The number of ether oxygens (including phenoxy) is 1. The van der Waals surface area contributed by atoms with E-state index >= 15 is 0 Å². The zero-order valence-corrected chi connectivity index (χ0v) is 14.9. The first kappa shape index (κ1) is 17.6. The van der Waals surface area contributed by atoms with Crippen LogP contribution in [0.5, 0.6) is 0 Å². The van der Waals surface area contributed by atoms with Crippen LogP contribution in [0.2, 0.25) is 0 Å². The smallest absolute Gasteiger partial charge is 0.330 e. The third-order valence-corrected chi connectivity index (χ3v) is 4.75. The van der Waals surface area contributed by atoms with Gasteiger partial charge < -0.3 is 4.74 Å². The van der Waals surface area contributed by atoms with Gasteiger partial charge in [-0.05, 0) is 18.4 Å². The SMILES string of the molecule is Cn1c(CN(Cc2ccccc2)CC2CCCO2)cc(=O)n(C)c1=O. The highest BCUT2D eigenvalue weighted by Crippen LogP contribution is 2.16. The summed E-state index contributed by atoms with van der Waals surface area (Å²) in [5.74, 6) is 0. The van der Waals surface area contributed by atoms with E-state index in [9.17, 15) is 9.59 Å². The quantitative estimate of drug-likeness (QED) is 0.792. The van der Waals surface area contributed by atoms with Crippen LogP contribution in [0.15, 0.2) is 46.0 Å². The fourth-order valence-corrected chi connectivity index (χ4v) is 3.26. The molecule has 1 unspecified atom stereocenters. The lowest BCUT2D eigenvalue weighted by atomic mass is 10.1. The summed E-state index contributed by atoms with van der Waals surface area (Å²) >= 11 is 0. The van der Waals surface area contributed by atoms with Gasteiger partial charge in [-0.15, -0.1) is 0 Å². The summed E-state index contributed by atoms with van der Waals surface area (Å²) < 4.78 is 8.46. The van der Waals surface area contributed by atoms with E-state index in [2.05, 4.69) is 17.0 Å². The monoisotopic (exact) mass is 343 g/mol. The number of nitrogens with zero attached hydrogens (tertiary/aromatic N) is 3. The lowest BCUT2D eigenvalue weighted by molar-refractivity contribution is 0.0670. The average molecular weight is 343 g/mol. The molecule has 3 rings (SSSR count). The zero-order chi connectivity index (χ0) is 17.8.